The van der Waals surface area contributed by atoms with Gasteiger partial charge in [0.2, 0.25) is 5.91 Å². The third-order valence-electron chi connectivity index (χ3n) is 3.67. The standard InChI is InChI=1S/C17H18F3N3O3/c1-4-7-23(17(25)14-9(2)22-26-10(14)3)8-13(24)21-12-6-5-11(18)15(19)16(12)20/h5-6H,4,7-8H2,1-3H3,(H,21,24). The summed E-state index contributed by atoms with van der Waals surface area (Å²) in [7, 11) is 0. The number of hydrogen-bond donors (Lipinski definition) is 1. The van der Waals surface area contributed by atoms with Crippen LogP contribution in [0.5, 0.6) is 0 Å². The van der Waals surface area contributed by atoms with E-state index in [1.54, 1.807) is 13.8 Å². The molecule has 2 rings (SSSR count). The zero-order chi connectivity index (χ0) is 19.4. The highest BCUT2D eigenvalue weighted by atomic mass is 19.2. The molecule has 0 fully saturated rings. The van der Waals surface area contributed by atoms with Crippen molar-refractivity contribution in [3.8, 4) is 0 Å². The molecule has 1 aromatic carbocycles. The Morgan fingerprint density at radius 2 is 1.88 bits per heavy atom. The Labute approximate surface area is 148 Å². The van der Waals surface area contributed by atoms with Gasteiger partial charge >= 0.3 is 0 Å². The number of benzene rings is 1. The zero-order valence-electron chi connectivity index (χ0n) is 14.5. The summed E-state index contributed by atoms with van der Waals surface area (Å²) in [5, 5.41) is 5.85. The highest BCUT2D eigenvalue weighted by molar-refractivity contribution is 6.00. The van der Waals surface area contributed by atoms with Crippen LogP contribution in [0.1, 0.15) is 35.2 Å². The molecule has 1 N–H and O–H groups in total. The van der Waals surface area contributed by atoms with Crippen molar-refractivity contribution in [3.05, 3.63) is 46.6 Å². The molecule has 0 aliphatic heterocycles. The van der Waals surface area contributed by atoms with Crippen LogP contribution >= 0.6 is 0 Å². The van der Waals surface area contributed by atoms with Gasteiger partial charge in [-0.15, -0.1) is 0 Å². The molecule has 6 nitrogen and oxygen atoms in total. The lowest BCUT2D eigenvalue weighted by Gasteiger charge is -2.21. The molecule has 0 bridgehead atoms. The molecule has 1 heterocycles. The number of hydrogen-bond acceptors (Lipinski definition) is 4. The Bertz CT molecular complexity index is 817. The Kier molecular flexibility index (Phi) is 6.01. The van der Waals surface area contributed by atoms with Crippen molar-refractivity contribution in [2.24, 2.45) is 0 Å². The van der Waals surface area contributed by atoms with Crippen LogP contribution in [-0.2, 0) is 4.79 Å². The van der Waals surface area contributed by atoms with Crippen molar-refractivity contribution in [2.75, 3.05) is 18.4 Å². The smallest absolute Gasteiger partial charge is 0.259 e. The fourth-order valence-corrected chi connectivity index (χ4v) is 2.45. The van der Waals surface area contributed by atoms with Gasteiger partial charge in [0.05, 0.1) is 11.4 Å². The molecule has 0 radical (unpaired) electrons. The molecule has 26 heavy (non-hydrogen) atoms. The second-order valence-corrected chi connectivity index (χ2v) is 5.70. The minimum Gasteiger partial charge on any atom is -0.361 e. The van der Waals surface area contributed by atoms with Gasteiger partial charge < -0.3 is 14.7 Å². The maximum absolute atomic E-state index is 13.7. The van der Waals surface area contributed by atoms with Gasteiger partial charge in [-0.25, -0.2) is 13.2 Å². The summed E-state index contributed by atoms with van der Waals surface area (Å²) in [6.45, 7) is 4.87. The second kappa shape index (κ2) is 8.03. The van der Waals surface area contributed by atoms with Gasteiger partial charge in [-0.05, 0) is 32.4 Å². The van der Waals surface area contributed by atoms with Crippen LogP contribution in [0.2, 0.25) is 0 Å². The Hall–Kier alpha value is -2.84. The van der Waals surface area contributed by atoms with Gasteiger partial charge in [-0.3, -0.25) is 9.59 Å². The molecular weight excluding hydrogens is 351 g/mol. The van der Waals surface area contributed by atoms with Crippen LogP contribution in [-0.4, -0.2) is 35.0 Å². The predicted molar refractivity (Wildman–Crippen MR) is 87.1 cm³/mol. The van der Waals surface area contributed by atoms with Crippen LogP contribution < -0.4 is 5.32 Å². The highest BCUT2D eigenvalue weighted by Gasteiger charge is 2.25. The van der Waals surface area contributed by atoms with E-state index in [1.807, 2.05) is 6.92 Å². The average molecular weight is 369 g/mol. The summed E-state index contributed by atoms with van der Waals surface area (Å²) >= 11 is 0. The summed E-state index contributed by atoms with van der Waals surface area (Å²) < 4.78 is 44.8. The van der Waals surface area contributed by atoms with Crippen molar-refractivity contribution in [3.63, 3.8) is 0 Å². The number of aryl methyl sites for hydroxylation is 2. The topological polar surface area (TPSA) is 75.4 Å². The molecule has 0 aliphatic carbocycles. The molecular formula is C17H18F3N3O3. The van der Waals surface area contributed by atoms with E-state index in [4.69, 9.17) is 4.52 Å². The lowest BCUT2D eigenvalue weighted by Crippen LogP contribution is -2.39. The maximum atomic E-state index is 13.7. The molecule has 2 amide bonds. The molecule has 0 saturated heterocycles. The average Bonchev–Trinajstić information content (AvgIpc) is 2.93. The van der Waals surface area contributed by atoms with Gasteiger partial charge in [-0.1, -0.05) is 12.1 Å². The van der Waals surface area contributed by atoms with Crippen LogP contribution in [0.3, 0.4) is 0 Å². The highest BCUT2D eigenvalue weighted by Crippen LogP contribution is 2.20. The van der Waals surface area contributed by atoms with Gasteiger partial charge in [0.15, 0.2) is 17.5 Å². The summed E-state index contributed by atoms with van der Waals surface area (Å²) in [6.07, 6.45) is 0.571. The molecule has 0 saturated carbocycles. The van der Waals surface area contributed by atoms with Crippen LogP contribution in [0.15, 0.2) is 16.7 Å². The zero-order valence-corrected chi connectivity index (χ0v) is 14.5. The molecule has 0 spiro atoms. The first-order valence-electron chi connectivity index (χ1n) is 7.91. The van der Waals surface area contributed by atoms with Crippen molar-refractivity contribution in [2.45, 2.75) is 27.2 Å². The van der Waals surface area contributed by atoms with E-state index in [1.165, 1.54) is 4.90 Å². The molecule has 1 aromatic heterocycles. The molecule has 140 valence electrons. The number of halogens is 3. The monoisotopic (exact) mass is 369 g/mol. The molecule has 2 aromatic rings. The predicted octanol–water partition coefficient (Wildman–Crippen LogP) is 3.20. The number of aromatic nitrogens is 1. The summed E-state index contributed by atoms with van der Waals surface area (Å²) in [5.41, 5.74) is 0.140. The third-order valence-corrected chi connectivity index (χ3v) is 3.67. The Morgan fingerprint density at radius 1 is 1.19 bits per heavy atom. The second-order valence-electron chi connectivity index (χ2n) is 5.70. The number of rotatable bonds is 6. The van der Waals surface area contributed by atoms with Crippen molar-refractivity contribution >= 4 is 17.5 Å². The number of anilines is 1. The summed E-state index contributed by atoms with van der Waals surface area (Å²) in [4.78, 5) is 26.1. The molecule has 0 atom stereocenters. The van der Waals surface area contributed by atoms with Gasteiger partial charge in [-0.2, -0.15) is 0 Å². The maximum Gasteiger partial charge on any atom is 0.259 e. The fourth-order valence-electron chi connectivity index (χ4n) is 2.45. The van der Waals surface area contributed by atoms with E-state index < -0.39 is 41.5 Å². The van der Waals surface area contributed by atoms with Crippen LogP contribution in [0, 0.1) is 31.3 Å². The summed E-state index contributed by atoms with van der Waals surface area (Å²) in [5.74, 6) is -5.42. The third kappa shape index (κ3) is 4.04. The number of nitrogens with zero attached hydrogens (tertiary/aromatic N) is 2. The van der Waals surface area contributed by atoms with Crippen LogP contribution in [0.4, 0.5) is 18.9 Å². The SMILES string of the molecule is CCCN(CC(=O)Nc1ccc(F)c(F)c1F)C(=O)c1c(C)noc1C. The van der Waals surface area contributed by atoms with E-state index in [-0.39, 0.29) is 12.1 Å². The molecule has 0 unspecified atom stereocenters. The molecule has 0 aliphatic rings. The number of amides is 2. The van der Waals surface area contributed by atoms with Crippen molar-refractivity contribution in [1.29, 1.82) is 0 Å². The van der Waals surface area contributed by atoms with E-state index in [2.05, 4.69) is 10.5 Å². The first kappa shape index (κ1) is 19.5. The largest absolute Gasteiger partial charge is 0.361 e. The summed E-state index contributed by atoms with van der Waals surface area (Å²) in [6, 6.07) is 1.61. The number of carbonyl (C=O) groups excluding carboxylic acids is 2. The Morgan fingerprint density at radius 3 is 2.46 bits per heavy atom. The quantitative estimate of drug-likeness (QED) is 0.794. The van der Waals surface area contributed by atoms with E-state index >= 15 is 0 Å². The minimum atomic E-state index is -1.68. The van der Waals surface area contributed by atoms with Gasteiger partial charge in [0.1, 0.15) is 17.9 Å². The fraction of sp³-hybridized carbons (Fsp3) is 0.353. The lowest BCUT2D eigenvalue weighted by atomic mass is 10.1. The molecule has 9 heteroatoms. The normalized spacial score (nSPS) is 10.7. The van der Waals surface area contributed by atoms with Gasteiger partial charge in [0, 0.05) is 6.54 Å². The van der Waals surface area contributed by atoms with E-state index in [0.717, 1.165) is 6.07 Å². The van der Waals surface area contributed by atoms with Crippen LogP contribution in [0.25, 0.3) is 0 Å². The van der Waals surface area contributed by atoms with Crippen molar-refractivity contribution in [1.82, 2.24) is 10.1 Å². The number of nitrogens with one attached hydrogen (secondary N) is 1. The lowest BCUT2D eigenvalue weighted by molar-refractivity contribution is -0.116. The first-order chi connectivity index (χ1) is 12.3. The van der Waals surface area contributed by atoms with E-state index in [0.29, 0.717) is 23.9 Å². The van der Waals surface area contributed by atoms with E-state index in [9.17, 15) is 22.8 Å². The first-order valence-corrected chi connectivity index (χ1v) is 7.91. The van der Waals surface area contributed by atoms with Crippen molar-refractivity contribution < 1.29 is 27.3 Å². The Balaban J connectivity index is 2.16. The van der Waals surface area contributed by atoms with Gasteiger partial charge in [0.25, 0.3) is 5.91 Å². The number of carbonyl (C=O) groups is 2. The minimum absolute atomic E-state index is 0.255.